The molecule has 0 aromatic carbocycles. The van der Waals surface area contributed by atoms with E-state index in [-0.39, 0.29) is 24.2 Å². The van der Waals surface area contributed by atoms with Gasteiger partial charge in [-0.3, -0.25) is 9.48 Å². The molecule has 1 amide bonds. The lowest BCUT2D eigenvalue weighted by Crippen LogP contribution is -2.39. The fourth-order valence-corrected chi connectivity index (χ4v) is 1.13. The fourth-order valence-electron chi connectivity index (χ4n) is 1.13. The quantitative estimate of drug-likeness (QED) is 0.840. The molecule has 92 valence electrons. The highest BCUT2D eigenvalue weighted by atomic mass is 35.5. The van der Waals surface area contributed by atoms with Gasteiger partial charge in [0.15, 0.2) is 0 Å². The second-order valence-corrected chi connectivity index (χ2v) is 3.84. The topological polar surface area (TPSA) is 72.9 Å². The smallest absolute Gasteiger partial charge is 0.241 e. The van der Waals surface area contributed by atoms with Gasteiger partial charge in [-0.1, -0.05) is 13.8 Å². The van der Waals surface area contributed by atoms with Gasteiger partial charge in [0.05, 0.1) is 17.9 Å². The Hall–Kier alpha value is -1.07. The minimum absolute atomic E-state index is 0. The lowest BCUT2D eigenvalue weighted by Gasteiger charge is -2.14. The third kappa shape index (κ3) is 3.83. The summed E-state index contributed by atoms with van der Waals surface area (Å²) in [5.74, 6) is -0.0353. The molecule has 0 aliphatic rings. The zero-order valence-corrected chi connectivity index (χ0v) is 10.6. The average molecular weight is 247 g/mol. The Bertz CT molecular complexity index is 337. The highest BCUT2D eigenvalue weighted by molar-refractivity contribution is 5.94. The molecule has 1 aromatic rings. The van der Waals surface area contributed by atoms with E-state index in [1.165, 1.54) is 0 Å². The number of hydrogen-bond donors (Lipinski definition) is 2. The summed E-state index contributed by atoms with van der Waals surface area (Å²) in [4.78, 5) is 11.6. The second kappa shape index (κ2) is 6.50. The van der Waals surface area contributed by atoms with Gasteiger partial charge >= 0.3 is 0 Å². The summed E-state index contributed by atoms with van der Waals surface area (Å²) in [5, 5.41) is 6.78. The summed E-state index contributed by atoms with van der Waals surface area (Å²) in [7, 11) is 0. The molecule has 0 bridgehead atoms. The van der Waals surface area contributed by atoms with Crippen LogP contribution < -0.4 is 11.1 Å². The van der Waals surface area contributed by atoms with Crippen molar-refractivity contribution in [2.45, 2.75) is 33.4 Å². The molecular formula is C10H19ClN4O. The van der Waals surface area contributed by atoms with Gasteiger partial charge in [-0.2, -0.15) is 5.10 Å². The Morgan fingerprint density at radius 1 is 1.62 bits per heavy atom. The normalized spacial score (nSPS) is 12.1. The summed E-state index contributed by atoms with van der Waals surface area (Å²) in [6.45, 7) is 6.60. The van der Waals surface area contributed by atoms with E-state index in [0.717, 1.165) is 6.54 Å². The predicted octanol–water partition coefficient (Wildman–Crippen LogP) is 1.25. The summed E-state index contributed by atoms with van der Waals surface area (Å²) < 4.78 is 1.75. The van der Waals surface area contributed by atoms with E-state index >= 15 is 0 Å². The van der Waals surface area contributed by atoms with Gasteiger partial charge in [0.1, 0.15) is 0 Å². The number of rotatable bonds is 4. The lowest BCUT2D eigenvalue weighted by molar-refractivity contribution is -0.118. The maximum Gasteiger partial charge on any atom is 0.241 e. The number of nitrogens with one attached hydrogen (secondary N) is 1. The van der Waals surface area contributed by atoms with Crippen molar-refractivity contribution in [3.05, 3.63) is 12.4 Å². The molecule has 1 rings (SSSR count). The molecular weight excluding hydrogens is 228 g/mol. The number of carbonyl (C=O) groups excluding carboxylic acids is 1. The van der Waals surface area contributed by atoms with Crippen molar-refractivity contribution >= 4 is 24.0 Å². The Morgan fingerprint density at radius 3 is 2.69 bits per heavy atom. The van der Waals surface area contributed by atoms with Crippen LogP contribution in [-0.2, 0) is 11.3 Å². The Labute approximate surface area is 102 Å². The first-order valence-electron chi connectivity index (χ1n) is 5.13. The Balaban J connectivity index is 0.00000225. The van der Waals surface area contributed by atoms with Gasteiger partial charge < -0.3 is 11.1 Å². The minimum Gasteiger partial charge on any atom is -0.322 e. The van der Waals surface area contributed by atoms with Gasteiger partial charge in [-0.05, 0) is 12.8 Å². The average Bonchev–Trinajstić information content (AvgIpc) is 2.64. The molecule has 0 saturated heterocycles. The van der Waals surface area contributed by atoms with Crippen molar-refractivity contribution in [2.24, 2.45) is 11.7 Å². The number of amides is 1. The molecule has 1 atom stereocenters. The highest BCUT2D eigenvalue weighted by Gasteiger charge is 2.17. The maximum atomic E-state index is 11.6. The first-order chi connectivity index (χ1) is 7.04. The summed E-state index contributed by atoms with van der Waals surface area (Å²) in [5.41, 5.74) is 6.40. The molecule has 0 spiro atoms. The van der Waals surface area contributed by atoms with E-state index in [4.69, 9.17) is 5.73 Å². The number of nitrogens with two attached hydrogens (primary N) is 1. The van der Waals surface area contributed by atoms with Crippen LogP contribution in [0.25, 0.3) is 0 Å². The molecule has 0 unspecified atom stereocenters. The van der Waals surface area contributed by atoms with Crippen LogP contribution in [0.4, 0.5) is 5.69 Å². The van der Waals surface area contributed by atoms with E-state index in [0.29, 0.717) is 5.69 Å². The zero-order chi connectivity index (χ0) is 11.4. The number of halogens is 1. The lowest BCUT2D eigenvalue weighted by atomic mass is 10.1. The highest BCUT2D eigenvalue weighted by Crippen LogP contribution is 2.07. The van der Waals surface area contributed by atoms with Gasteiger partial charge in [-0.15, -0.1) is 12.4 Å². The van der Waals surface area contributed by atoms with Crippen molar-refractivity contribution in [1.29, 1.82) is 0 Å². The Kier molecular flexibility index (Phi) is 6.06. The molecule has 0 fully saturated rings. The predicted molar refractivity (Wildman–Crippen MR) is 66.6 cm³/mol. The number of carbonyl (C=O) groups is 1. The van der Waals surface area contributed by atoms with Gasteiger partial charge in [0.25, 0.3) is 0 Å². The maximum absolute atomic E-state index is 11.6. The third-order valence-electron chi connectivity index (χ3n) is 2.25. The molecule has 0 radical (unpaired) electrons. The third-order valence-corrected chi connectivity index (χ3v) is 2.25. The SMILES string of the molecule is CCn1cc(NC(=O)[C@H](N)C(C)C)cn1.Cl. The van der Waals surface area contributed by atoms with Crippen molar-refractivity contribution < 1.29 is 4.79 Å². The van der Waals surface area contributed by atoms with Crippen molar-refractivity contribution in [1.82, 2.24) is 9.78 Å². The molecule has 16 heavy (non-hydrogen) atoms. The van der Waals surface area contributed by atoms with Crippen molar-refractivity contribution in [3.63, 3.8) is 0 Å². The van der Waals surface area contributed by atoms with Gasteiger partial charge in [0.2, 0.25) is 5.91 Å². The molecule has 0 aliphatic carbocycles. The van der Waals surface area contributed by atoms with Crippen LogP contribution in [0.15, 0.2) is 12.4 Å². The summed E-state index contributed by atoms with van der Waals surface area (Å²) >= 11 is 0. The first-order valence-corrected chi connectivity index (χ1v) is 5.13. The molecule has 1 heterocycles. The number of aromatic nitrogens is 2. The molecule has 6 heteroatoms. The van der Waals surface area contributed by atoms with Crippen LogP contribution in [0.3, 0.4) is 0 Å². The minimum atomic E-state index is -0.477. The second-order valence-electron chi connectivity index (χ2n) is 3.84. The zero-order valence-electron chi connectivity index (χ0n) is 9.80. The number of anilines is 1. The van der Waals surface area contributed by atoms with E-state index < -0.39 is 6.04 Å². The standard InChI is InChI=1S/C10H18N4O.ClH/c1-4-14-6-8(5-12-14)13-10(15)9(11)7(2)3;/h5-7,9H,4,11H2,1-3H3,(H,13,15);1H/t9-;/m1./s1. The largest absolute Gasteiger partial charge is 0.322 e. The van der Waals surface area contributed by atoms with Gasteiger partial charge in [0, 0.05) is 12.7 Å². The van der Waals surface area contributed by atoms with E-state index in [2.05, 4.69) is 10.4 Å². The Morgan fingerprint density at radius 2 is 2.25 bits per heavy atom. The van der Waals surface area contributed by atoms with Crippen LogP contribution in [0, 0.1) is 5.92 Å². The summed E-state index contributed by atoms with van der Waals surface area (Å²) in [6.07, 6.45) is 3.40. The van der Waals surface area contributed by atoms with E-state index in [1.54, 1.807) is 17.1 Å². The first kappa shape index (κ1) is 14.9. The molecule has 5 nitrogen and oxygen atoms in total. The van der Waals surface area contributed by atoms with Crippen LogP contribution in [0.2, 0.25) is 0 Å². The number of hydrogen-bond acceptors (Lipinski definition) is 3. The van der Waals surface area contributed by atoms with Crippen LogP contribution in [-0.4, -0.2) is 21.7 Å². The van der Waals surface area contributed by atoms with Crippen LogP contribution >= 0.6 is 12.4 Å². The van der Waals surface area contributed by atoms with Crippen LogP contribution in [0.5, 0.6) is 0 Å². The van der Waals surface area contributed by atoms with E-state index in [9.17, 15) is 4.79 Å². The summed E-state index contributed by atoms with van der Waals surface area (Å²) in [6, 6.07) is -0.477. The van der Waals surface area contributed by atoms with E-state index in [1.807, 2.05) is 20.8 Å². The van der Waals surface area contributed by atoms with Gasteiger partial charge in [-0.25, -0.2) is 0 Å². The molecule has 3 N–H and O–H groups in total. The molecule has 0 aliphatic heterocycles. The fraction of sp³-hybridized carbons (Fsp3) is 0.600. The molecule has 1 aromatic heterocycles. The number of nitrogens with zero attached hydrogens (tertiary/aromatic N) is 2. The van der Waals surface area contributed by atoms with Crippen molar-refractivity contribution in [2.75, 3.05) is 5.32 Å². The monoisotopic (exact) mass is 246 g/mol. The van der Waals surface area contributed by atoms with Crippen LogP contribution in [0.1, 0.15) is 20.8 Å². The van der Waals surface area contributed by atoms with Crippen molar-refractivity contribution in [3.8, 4) is 0 Å². The molecule has 0 saturated carbocycles. The number of aryl methyl sites for hydroxylation is 1.